The van der Waals surface area contributed by atoms with Crippen LogP contribution in [-0.2, 0) is 16.1 Å². The second-order valence-corrected chi connectivity index (χ2v) is 6.42. The number of nitrogens with zero attached hydrogens (tertiary/aromatic N) is 1. The molecule has 2 aliphatic heterocycles. The van der Waals surface area contributed by atoms with Crippen LogP contribution in [0.4, 0.5) is 0 Å². The van der Waals surface area contributed by atoms with Crippen molar-refractivity contribution in [3.63, 3.8) is 0 Å². The molecule has 3 atom stereocenters. The molecule has 2 aliphatic rings. The van der Waals surface area contributed by atoms with Gasteiger partial charge in [-0.05, 0) is 32.8 Å². The smallest absolute Gasteiger partial charge is 0.224 e. The normalized spacial score (nSPS) is 29.6. The molecule has 0 bridgehead atoms. The van der Waals surface area contributed by atoms with Gasteiger partial charge in [-0.1, -0.05) is 0 Å². The second kappa shape index (κ2) is 6.20. The predicted molar refractivity (Wildman–Crippen MR) is 78.6 cm³/mol. The van der Waals surface area contributed by atoms with Crippen molar-refractivity contribution >= 4 is 5.91 Å². The quantitative estimate of drug-likeness (QED) is 0.919. The van der Waals surface area contributed by atoms with Gasteiger partial charge >= 0.3 is 0 Å². The highest BCUT2D eigenvalue weighted by molar-refractivity contribution is 5.79. The number of ether oxygens (including phenoxy) is 1. The largest absolute Gasteiger partial charge is 0.472 e. The molecule has 0 aliphatic carbocycles. The van der Waals surface area contributed by atoms with E-state index >= 15 is 0 Å². The van der Waals surface area contributed by atoms with Crippen molar-refractivity contribution in [2.45, 2.75) is 51.4 Å². The van der Waals surface area contributed by atoms with Gasteiger partial charge in [-0.2, -0.15) is 0 Å². The number of hydrogen-bond acceptors (Lipinski definition) is 4. The van der Waals surface area contributed by atoms with Gasteiger partial charge in [0.15, 0.2) is 0 Å². The minimum absolute atomic E-state index is 0.0126. The summed E-state index contributed by atoms with van der Waals surface area (Å²) in [7, 11) is 0. The first-order valence-electron chi connectivity index (χ1n) is 7.80. The monoisotopic (exact) mass is 292 g/mol. The lowest BCUT2D eigenvalue weighted by atomic mass is 9.89. The Hall–Kier alpha value is -1.33. The summed E-state index contributed by atoms with van der Waals surface area (Å²) in [6.07, 6.45) is 5.56. The average molecular weight is 292 g/mol. The highest BCUT2D eigenvalue weighted by atomic mass is 16.5. The summed E-state index contributed by atoms with van der Waals surface area (Å²) < 4.78 is 11.0. The summed E-state index contributed by atoms with van der Waals surface area (Å²) in [6, 6.07) is 2.60. The zero-order valence-electron chi connectivity index (χ0n) is 12.7. The molecule has 0 aromatic carbocycles. The maximum Gasteiger partial charge on any atom is 0.224 e. The zero-order chi connectivity index (χ0) is 14.8. The van der Waals surface area contributed by atoms with Gasteiger partial charge in [0.1, 0.15) is 0 Å². The van der Waals surface area contributed by atoms with Crippen molar-refractivity contribution in [3.05, 3.63) is 24.2 Å². The molecule has 5 nitrogen and oxygen atoms in total. The van der Waals surface area contributed by atoms with Crippen molar-refractivity contribution in [3.8, 4) is 0 Å². The van der Waals surface area contributed by atoms with Crippen LogP contribution in [0.3, 0.4) is 0 Å². The fourth-order valence-electron chi connectivity index (χ4n) is 3.44. The van der Waals surface area contributed by atoms with Gasteiger partial charge in [0.05, 0.1) is 24.5 Å². The fourth-order valence-corrected chi connectivity index (χ4v) is 3.44. The molecule has 1 amide bonds. The number of furan rings is 1. The number of carbonyl (C=O) groups is 1. The highest BCUT2D eigenvalue weighted by Gasteiger charge is 2.42. The molecule has 1 aromatic heterocycles. The first kappa shape index (κ1) is 14.6. The van der Waals surface area contributed by atoms with Crippen molar-refractivity contribution < 1.29 is 13.9 Å². The van der Waals surface area contributed by atoms with Crippen molar-refractivity contribution in [2.24, 2.45) is 5.92 Å². The number of amides is 1. The third kappa shape index (κ3) is 3.30. The number of fused-ring (bicyclic) bond motifs is 1. The van der Waals surface area contributed by atoms with Gasteiger partial charge < -0.3 is 14.5 Å². The highest BCUT2D eigenvalue weighted by Crippen LogP contribution is 2.32. The molecule has 2 saturated heterocycles. The van der Waals surface area contributed by atoms with Crippen molar-refractivity contribution in [2.75, 3.05) is 13.2 Å². The Morgan fingerprint density at radius 3 is 3.10 bits per heavy atom. The molecule has 5 heteroatoms. The molecule has 0 spiro atoms. The molecule has 3 heterocycles. The first-order chi connectivity index (χ1) is 10.1. The lowest BCUT2D eigenvalue weighted by molar-refractivity contribution is -0.130. The summed E-state index contributed by atoms with van der Waals surface area (Å²) in [5, 5.41) is 3.03. The van der Waals surface area contributed by atoms with Crippen LogP contribution < -0.4 is 5.32 Å². The Bertz CT molecular complexity index is 472. The van der Waals surface area contributed by atoms with E-state index in [4.69, 9.17) is 9.15 Å². The molecule has 0 unspecified atom stereocenters. The van der Waals surface area contributed by atoms with E-state index in [2.05, 4.69) is 10.2 Å². The number of likely N-dealkylation sites (tertiary alicyclic amines) is 1. The van der Waals surface area contributed by atoms with Gasteiger partial charge in [0.2, 0.25) is 5.91 Å². The van der Waals surface area contributed by atoms with Crippen LogP contribution in [0, 0.1) is 5.92 Å². The van der Waals surface area contributed by atoms with E-state index in [1.807, 2.05) is 19.9 Å². The lowest BCUT2D eigenvalue weighted by Crippen LogP contribution is -2.53. The van der Waals surface area contributed by atoms with Gasteiger partial charge in [0.25, 0.3) is 0 Å². The molecule has 1 N–H and O–H groups in total. The van der Waals surface area contributed by atoms with E-state index in [1.54, 1.807) is 12.5 Å². The van der Waals surface area contributed by atoms with Crippen LogP contribution in [0.25, 0.3) is 0 Å². The summed E-state index contributed by atoms with van der Waals surface area (Å²) in [6.45, 7) is 6.42. The number of carbonyl (C=O) groups excluding carboxylic acids is 1. The maximum absolute atomic E-state index is 12.3. The molecular formula is C16H24N2O3. The first-order valence-corrected chi connectivity index (χ1v) is 7.80. The Morgan fingerprint density at radius 1 is 1.52 bits per heavy atom. The summed E-state index contributed by atoms with van der Waals surface area (Å²) in [5.41, 5.74) is 1.16. The van der Waals surface area contributed by atoms with Gasteiger partial charge in [-0.3, -0.25) is 9.69 Å². The van der Waals surface area contributed by atoms with Gasteiger partial charge in [-0.15, -0.1) is 0 Å². The van der Waals surface area contributed by atoms with Crippen LogP contribution in [-0.4, -0.2) is 42.1 Å². The van der Waals surface area contributed by atoms with E-state index in [9.17, 15) is 4.79 Å². The fraction of sp³-hybridized carbons (Fsp3) is 0.688. The SMILES string of the molecule is CC(C)NC(=O)[C@H]1C[C@H]2OCC[C@H]2N(Cc2ccoc2)C1. The zero-order valence-corrected chi connectivity index (χ0v) is 12.7. The van der Waals surface area contributed by atoms with E-state index in [1.165, 1.54) is 0 Å². The molecule has 0 radical (unpaired) electrons. The van der Waals surface area contributed by atoms with E-state index in [-0.39, 0.29) is 24.0 Å². The van der Waals surface area contributed by atoms with Crippen LogP contribution >= 0.6 is 0 Å². The number of piperidine rings is 1. The Morgan fingerprint density at radius 2 is 2.38 bits per heavy atom. The minimum atomic E-state index is 0.0126. The average Bonchev–Trinajstić information content (AvgIpc) is 3.08. The van der Waals surface area contributed by atoms with Crippen LogP contribution in [0.5, 0.6) is 0 Å². The lowest BCUT2D eigenvalue weighted by Gasteiger charge is -2.40. The van der Waals surface area contributed by atoms with Crippen molar-refractivity contribution in [1.29, 1.82) is 0 Å². The Kier molecular flexibility index (Phi) is 4.31. The van der Waals surface area contributed by atoms with Gasteiger partial charge in [-0.25, -0.2) is 0 Å². The predicted octanol–water partition coefficient (Wildman–Crippen LogP) is 1.78. The van der Waals surface area contributed by atoms with E-state index in [0.717, 1.165) is 38.1 Å². The Balaban J connectivity index is 1.70. The molecule has 0 saturated carbocycles. The standard InChI is InChI=1S/C16H24N2O3/c1-11(2)17-16(19)13-7-15-14(4-6-21-15)18(9-13)8-12-3-5-20-10-12/h3,5,10-11,13-15H,4,6-9H2,1-2H3,(H,17,19)/t13-,14+,15+/m0/s1. The third-order valence-electron chi connectivity index (χ3n) is 4.38. The van der Waals surface area contributed by atoms with E-state index in [0.29, 0.717) is 6.04 Å². The van der Waals surface area contributed by atoms with E-state index < -0.39 is 0 Å². The van der Waals surface area contributed by atoms with Crippen LogP contribution in [0.1, 0.15) is 32.3 Å². The summed E-state index contributed by atoms with van der Waals surface area (Å²) >= 11 is 0. The maximum atomic E-state index is 12.3. The molecule has 116 valence electrons. The molecule has 1 aromatic rings. The number of nitrogens with one attached hydrogen (secondary N) is 1. The molecule has 2 fully saturated rings. The summed E-state index contributed by atoms with van der Waals surface area (Å²) in [5.74, 6) is 0.162. The number of hydrogen-bond donors (Lipinski definition) is 1. The summed E-state index contributed by atoms with van der Waals surface area (Å²) in [4.78, 5) is 14.7. The molecular weight excluding hydrogens is 268 g/mol. The van der Waals surface area contributed by atoms with Crippen LogP contribution in [0.15, 0.2) is 23.0 Å². The Labute approximate surface area is 125 Å². The third-order valence-corrected chi connectivity index (χ3v) is 4.38. The number of rotatable bonds is 4. The van der Waals surface area contributed by atoms with Crippen molar-refractivity contribution in [1.82, 2.24) is 10.2 Å². The molecule has 3 rings (SSSR count). The molecule has 21 heavy (non-hydrogen) atoms. The van der Waals surface area contributed by atoms with Gasteiger partial charge in [0, 0.05) is 37.3 Å². The van der Waals surface area contributed by atoms with Crippen LogP contribution in [0.2, 0.25) is 0 Å². The minimum Gasteiger partial charge on any atom is -0.472 e. The topological polar surface area (TPSA) is 54.7 Å². The second-order valence-electron chi connectivity index (χ2n) is 6.42.